The monoisotopic (exact) mass is 325 g/mol. The summed E-state index contributed by atoms with van der Waals surface area (Å²) in [6.45, 7) is 0. The van der Waals surface area contributed by atoms with Crippen molar-refractivity contribution in [2.75, 3.05) is 38.9 Å². The number of hydrogen-bond acceptors (Lipinski definition) is 7. The van der Waals surface area contributed by atoms with Crippen molar-refractivity contribution in [3.05, 3.63) is 35.9 Å². The zero-order valence-electron chi connectivity index (χ0n) is 14.1. The van der Waals surface area contributed by atoms with Gasteiger partial charge >= 0.3 is 0 Å². The van der Waals surface area contributed by atoms with Crippen LogP contribution in [0.15, 0.2) is 40.6 Å². The van der Waals surface area contributed by atoms with Crippen molar-refractivity contribution in [3.63, 3.8) is 0 Å². The second kappa shape index (κ2) is 7.33. The molecule has 2 rings (SSSR count). The van der Waals surface area contributed by atoms with Gasteiger partial charge in [-0.05, 0) is 18.2 Å². The molecule has 0 atom stereocenters. The number of hydrogen-bond donors (Lipinski definition) is 1. The molecule has 0 fully saturated rings. The smallest absolute Gasteiger partial charge is 0.148 e. The van der Waals surface area contributed by atoms with Gasteiger partial charge in [-0.25, -0.2) is 0 Å². The Morgan fingerprint density at radius 1 is 1.00 bits per heavy atom. The van der Waals surface area contributed by atoms with Crippen LogP contribution in [0.2, 0.25) is 0 Å². The summed E-state index contributed by atoms with van der Waals surface area (Å²) in [6, 6.07) is 10.5. The summed E-state index contributed by atoms with van der Waals surface area (Å²) in [5.74, 6) is 1.20. The molecule has 0 unspecified atom stereocenters. The number of nitrogen functional groups attached to an aromatic ring is 1. The Morgan fingerprint density at radius 2 is 1.67 bits per heavy atom. The van der Waals surface area contributed by atoms with E-state index in [2.05, 4.69) is 16.3 Å². The highest BCUT2D eigenvalue weighted by Crippen LogP contribution is 2.40. The molecule has 24 heavy (non-hydrogen) atoms. The van der Waals surface area contributed by atoms with Gasteiger partial charge in [0, 0.05) is 31.9 Å². The van der Waals surface area contributed by atoms with E-state index in [1.54, 1.807) is 38.5 Å². The molecule has 0 saturated carbocycles. The van der Waals surface area contributed by atoms with Gasteiger partial charge in [-0.3, -0.25) is 0 Å². The van der Waals surface area contributed by atoms with E-state index in [1.165, 1.54) is 0 Å². The highest BCUT2D eigenvalue weighted by molar-refractivity contribution is 5.69. The molecule has 0 aliphatic rings. The lowest BCUT2D eigenvalue weighted by atomic mass is 10.2. The highest BCUT2D eigenvalue weighted by Gasteiger charge is 2.13. The minimum atomic E-state index is 0.356. The zero-order valence-corrected chi connectivity index (χ0v) is 14.1. The Labute approximate surface area is 140 Å². The van der Waals surface area contributed by atoms with E-state index in [4.69, 9.17) is 20.5 Å². The van der Waals surface area contributed by atoms with Gasteiger partial charge in [0.15, 0.2) is 0 Å². The summed E-state index contributed by atoms with van der Waals surface area (Å²) in [7, 11) is 6.96. The van der Waals surface area contributed by atoms with E-state index in [9.17, 15) is 0 Å². The maximum atomic E-state index is 9.16. The maximum Gasteiger partial charge on any atom is 0.148 e. The van der Waals surface area contributed by atoms with Crippen LogP contribution in [-0.4, -0.2) is 28.3 Å². The zero-order chi connectivity index (χ0) is 17.7. The first kappa shape index (κ1) is 17.1. The molecule has 2 aromatic carbocycles. The fourth-order valence-electron chi connectivity index (χ4n) is 2.13. The van der Waals surface area contributed by atoms with Crippen molar-refractivity contribution < 1.29 is 9.47 Å². The van der Waals surface area contributed by atoms with Crippen LogP contribution in [0.1, 0.15) is 5.56 Å². The van der Waals surface area contributed by atoms with Crippen molar-refractivity contribution in [2.24, 2.45) is 10.2 Å². The van der Waals surface area contributed by atoms with E-state index in [0.717, 1.165) is 5.69 Å². The maximum absolute atomic E-state index is 9.16. The number of azo groups is 1. The molecule has 7 nitrogen and oxygen atoms in total. The fraction of sp³-hybridized carbons (Fsp3) is 0.235. The number of rotatable bonds is 5. The quantitative estimate of drug-likeness (QED) is 0.668. The first-order valence-corrected chi connectivity index (χ1v) is 7.15. The Morgan fingerprint density at radius 3 is 2.25 bits per heavy atom. The van der Waals surface area contributed by atoms with Crippen LogP contribution in [-0.2, 0) is 0 Å². The standard InChI is InChI=1S/C17H19N5O2/c1-22(2)15-9-16(23-3)14(8-17(15)24-4)21-20-13-6-5-12(19)7-11(13)10-18/h5-9H,19H2,1-4H3. The number of benzene rings is 2. The summed E-state index contributed by atoms with van der Waals surface area (Å²) in [6.07, 6.45) is 0. The van der Waals surface area contributed by atoms with Gasteiger partial charge in [0.25, 0.3) is 0 Å². The SMILES string of the molecule is COc1cc(N(C)C)c(OC)cc1N=Nc1ccc(N)cc1C#N. The lowest BCUT2D eigenvalue weighted by molar-refractivity contribution is 0.404. The number of methoxy groups -OCH3 is 2. The molecule has 2 aromatic rings. The van der Waals surface area contributed by atoms with Gasteiger partial charge in [0.05, 0.1) is 25.5 Å². The number of anilines is 2. The van der Waals surface area contributed by atoms with Crippen LogP contribution < -0.4 is 20.1 Å². The first-order valence-electron chi connectivity index (χ1n) is 7.15. The largest absolute Gasteiger partial charge is 0.494 e. The normalized spacial score (nSPS) is 10.5. The van der Waals surface area contributed by atoms with Crippen LogP contribution in [0.5, 0.6) is 11.5 Å². The summed E-state index contributed by atoms with van der Waals surface area (Å²) < 4.78 is 10.8. The molecular weight excluding hydrogens is 306 g/mol. The third-order valence-electron chi connectivity index (χ3n) is 3.37. The molecule has 0 aliphatic carbocycles. The van der Waals surface area contributed by atoms with Crippen LogP contribution in [0.25, 0.3) is 0 Å². The summed E-state index contributed by atoms with van der Waals surface area (Å²) in [5.41, 5.74) is 8.33. The minimum Gasteiger partial charge on any atom is -0.494 e. The van der Waals surface area contributed by atoms with E-state index >= 15 is 0 Å². The lowest BCUT2D eigenvalue weighted by Crippen LogP contribution is -2.10. The predicted molar refractivity (Wildman–Crippen MR) is 93.6 cm³/mol. The predicted octanol–water partition coefficient (Wildman–Crippen LogP) is 3.64. The number of nitrogens with zero attached hydrogens (tertiary/aromatic N) is 4. The summed E-state index contributed by atoms with van der Waals surface area (Å²) in [5, 5.41) is 17.5. The molecular formula is C17H19N5O2. The van der Waals surface area contributed by atoms with Crippen molar-refractivity contribution >= 4 is 22.7 Å². The number of nitrogens with two attached hydrogens (primary N) is 1. The van der Waals surface area contributed by atoms with Crippen LogP contribution >= 0.6 is 0 Å². The molecule has 0 heterocycles. The molecule has 0 saturated heterocycles. The third-order valence-corrected chi connectivity index (χ3v) is 3.37. The summed E-state index contributed by atoms with van der Waals surface area (Å²) >= 11 is 0. The van der Waals surface area contributed by atoms with Crippen LogP contribution in [0, 0.1) is 11.3 Å². The topological polar surface area (TPSA) is 96.2 Å². The van der Waals surface area contributed by atoms with Gasteiger partial charge in [0.2, 0.25) is 0 Å². The molecule has 0 aromatic heterocycles. The number of nitriles is 1. The Kier molecular flexibility index (Phi) is 5.22. The van der Waals surface area contributed by atoms with Crippen molar-refractivity contribution in [3.8, 4) is 17.6 Å². The van der Waals surface area contributed by atoms with E-state index in [-0.39, 0.29) is 0 Å². The molecule has 124 valence electrons. The highest BCUT2D eigenvalue weighted by atomic mass is 16.5. The molecule has 0 radical (unpaired) electrons. The van der Waals surface area contributed by atoms with Gasteiger partial charge < -0.3 is 20.1 Å². The minimum absolute atomic E-state index is 0.356. The number of ether oxygens (including phenoxy) is 2. The van der Waals surface area contributed by atoms with Crippen molar-refractivity contribution in [1.82, 2.24) is 0 Å². The Hall–Kier alpha value is -3.27. The van der Waals surface area contributed by atoms with Crippen LogP contribution in [0.4, 0.5) is 22.7 Å². The second-order valence-electron chi connectivity index (χ2n) is 5.18. The molecule has 0 aliphatic heterocycles. The molecule has 2 N–H and O–H groups in total. The molecule has 0 bridgehead atoms. The van der Waals surface area contributed by atoms with Gasteiger partial charge in [-0.15, -0.1) is 10.2 Å². The van der Waals surface area contributed by atoms with E-state index in [1.807, 2.05) is 25.1 Å². The Balaban J connectivity index is 2.48. The average molecular weight is 325 g/mol. The van der Waals surface area contributed by atoms with Gasteiger partial charge in [-0.1, -0.05) is 0 Å². The Bertz CT molecular complexity index is 809. The average Bonchev–Trinajstić information content (AvgIpc) is 2.59. The second-order valence-corrected chi connectivity index (χ2v) is 5.18. The van der Waals surface area contributed by atoms with E-state index < -0.39 is 0 Å². The van der Waals surface area contributed by atoms with Crippen molar-refractivity contribution in [1.29, 1.82) is 5.26 Å². The van der Waals surface area contributed by atoms with Gasteiger partial charge in [0.1, 0.15) is 28.9 Å². The molecule has 0 spiro atoms. The first-order chi connectivity index (χ1) is 11.5. The lowest BCUT2D eigenvalue weighted by Gasteiger charge is -2.18. The van der Waals surface area contributed by atoms with Gasteiger partial charge in [-0.2, -0.15) is 5.26 Å². The fourth-order valence-corrected chi connectivity index (χ4v) is 2.13. The third kappa shape index (κ3) is 3.55. The molecule has 7 heteroatoms. The van der Waals surface area contributed by atoms with E-state index in [0.29, 0.717) is 34.1 Å². The van der Waals surface area contributed by atoms with Crippen LogP contribution in [0.3, 0.4) is 0 Å². The van der Waals surface area contributed by atoms with Crippen molar-refractivity contribution in [2.45, 2.75) is 0 Å². The summed E-state index contributed by atoms with van der Waals surface area (Å²) in [4.78, 5) is 1.91. The molecule has 0 amide bonds.